The third kappa shape index (κ3) is 3.83. The third-order valence-electron chi connectivity index (χ3n) is 5.30. The standard InChI is InChI=1S/C25H23N3O3S/c1-13-5-9-17(10-6-13)28-24(30)23-22(26)21-20(16-7-11-18(31-4)12-8-16)19(15(3)29)14(2)27-25(21)32-23/h5-12H,26H2,1-4H3,(H,28,30). The molecule has 0 bridgehead atoms. The summed E-state index contributed by atoms with van der Waals surface area (Å²) in [6, 6.07) is 14.9. The van der Waals surface area contributed by atoms with Gasteiger partial charge in [0.05, 0.1) is 18.5 Å². The van der Waals surface area contributed by atoms with Crippen molar-refractivity contribution in [3.8, 4) is 16.9 Å². The molecule has 0 radical (unpaired) electrons. The molecule has 1 amide bonds. The van der Waals surface area contributed by atoms with E-state index in [9.17, 15) is 9.59 Å². The molecule has 0 saturated carbocycles. The molecule has 0 atom stereocenters. The minimum Gasteiger partial charge on any atom is -0.497 e. The van der Waals surface area contributed by atoms with E-state index < -0.39 is 0 Å². The van der Waals surface area contributed by atoms with Crippen molar-refractivity contribution < 1.29 is 14.3 Å². The van der Waals surface area contributed by atoms with Gasteiger partial charge in [-0.05, 0) is 50.6 Å². The van der Waals surface area contributed by atoms with E-state index in [1.165, 1.54) is 18.3 Å². The van der Waals surface area contributed by atoms with Gasteiger partial charge in [0.15, 0.2) is 5.78 Å². The maximum absolute atomic E-state index is 13.0. The van der Waals surface area contributed by atoms with Crippen LogP contribution < -0.4 is 15.8 Å². The highest BCUT2D eigenvalue weighted by molar-refractivity contribution is 7.21. The number of pyridine rings is 1. The Kier molecular flexibility index (Phi) is 5.67. The number of hydrogen-bond acceptors (Lipinski definition) is 6. The number of aryl methyl sites for hydroxylation is 2. The van der Waals surface area contributed by atoms with Crippen LogP contribution in [0, 0.1) is 13.8 Å². The molecule has 0 fully saturated rings. The first-order chi connectivity index (χ1) is 15.3. The summed E-state index contributed by atoms with van der Waals surface area (Å²) < 4.78 is 5.26. The summed E-state index contributed by atoms with van der Waals surface area (Å²) in [4.78, 5) is 31.2. The first-order valence-corrected chi connectivity index (χ1v) is 10.9. The second kappa shape index (κ2) is 8.43. The minimum absolute atomic E-state index is 0.112. The van der Waals surface area contributed by atoms with Crippen LogP contribution in [0.2, 0.25) is 0 Å². The monoisotopic (exact) mass is 445 g/mol. The number of carbonyl (C=O) groups excluding carboxylic acids is 2. The van der Waals surface area contributed by atoms with Crippen LogP contribution in [0.4, 0.5) is 11.4 Å². The number of aromatic nitrogens is 1. The topological polar surface area (TPSA) is 94.3 Å². The molecule has 2 aromatic carbocycles. The molecular weight excluding hydrogens is 422 g/mol. The molecule has 2 heterocycles. The fourth-order valence-electron chi connectivity index (χ4n) is 3.74. The Morgan fingerprint density at radius 2 is 1.69 bits per heavy atom. The maximum Gasteiger partial charge on any atom is 0.267 e. The predicted molar refractivity (Wildman–Crippen MR) is 130 cm³/mol. The Morgan fingerprint density at radius 1 is 1.03 bits per heavy atom. The summed E-state index contributed by atoms with van der Waals surface area (Å²) in [5.74, 6) is 0.285. The van der Waals surface area contributed by atoms with Crippen molar-refractivity contribution in [1.82, 2.24) is 4.98 Å². The molecule has 0 aliphatic rings. The molecule has 0 spiro atoms. The molecule has 0 aliphatic heterocycles. The largest absolute Gasteiger partial charge is 0.497 e. The van der Waals surface area contributed by atoms with E-state index in [0.717, 1.165) is 11.1 Å². The Balaban J connectivity index is 1.90. The number of rotatable bonds is 5. The van der Waals surface area contributed by atoms with Crippen LogP contribution in [0.3, 0.4) is 0 Å². The Morgan fingerprint density at radius 3 is 2.28 bits per heavy atom. The zero-order chi connectivity index (χ0) is 23.0. The van der Waals surface area contributed by atoms with E-state index in [-0.39, 0.29) is 11.7 Å². The molecule has 0 saturated heterocycles. The molecular formula is C25H23N3O3S. The zero-order valence-electron chi connectivity index (χ0n) is 18.3. The lowest BCUT2D eigenvalue weighted by molar-refractivity contribution is 0.101. The predicted octanol–water partition coefficient (Wildman–Crippen LogP) is 5.63. The minimum atomic E-state index is -0.308. The average Bonchev–Trinajstić information content (AvgIpc) is 3.10. The number of carbonyl (C=O) groups is 2. The number of nitrogens with zero attached hydrogens (tertiary/aromatic N) is 1. The van der Waals surface area contributed by atoms with Gasteiger partial charge in [-0.15, -0.1) is 11.3 Å². The fourth-order valence-corrected chi connectivity index (χ4v) is 4.78. The molecule has 4 aromatic rings. The van der Waals surface area contributed by atoms with Gasteiger partial charge in [-0.1, -0.05) is 29.8 Å². The van der Waals surface area contributed by atoms with Gasteiger partial charge < -0.3 is 15.8 Å². The first kappa shape index (κ1) is 21.5. The van der Waals surface area contributed by atoms with Gasteiger partial charge in [0.25, 0.3) is 5.91 Å². The molecule has 32 heavy (non-hydrogen) atoms. The lowest BCUT2D eigenvalue weighted by atomic mass is 9.93. The van der Waals surface area contributed by atoms with Crippen molar-refractivity contribution in [3.63, 3.8) is 0 Å². The van der Waals surface area contributed by atoms with Crippen molar-refractivity contribution in [2.75, 3.05) is 18.2 Å². The summed E-state index contributed by atoms with van der Waals surface area (Å²) in [7, 11) is 1.60. The van der Waals surface area contributed by atoms with Crippen LogP contribution in [0.25, 0.3) is 21.3 Å². The van der Waals surface area contributed by atoms with E-state index in [0.29, 0.717) is 49.0 Å². The number of fused-ring (bicyclic) bond motifs is 1. The van der Waals surface area contributed by atoms with Gasteiger partial charge in [0.1, 0.15) is 15.5 Å². The number of ether oxygens (including phenoxy) is 1. The summed E-state index contributed by atoms with van der Waals surface area (Å²) >= 11 is 1.22. The Hall–Kier alpha value is -3.71. The van der Waals surface area contributed by atoms with Gasteiger partial charge in [-0.3, -0.25) is 9.59 Å². The molecule has 2 aromatic heterocycles. The SMILES string of the molecule is COc1ccc(-c2c(C(C)=O)c(C)nc3sc(C(=O)Nc4ccc(C)cc4)c(N)c23)cc1. The highest BCUT2D eigenvalue weighted by Crippen LogP contribution is 2.42. The first-order valence-electron chi connectivity index (χ1n) is 10.1. The normalized spacial score (nSPS) is 10.9. The number of benzene rings is 2. The smallest absolute Gasteiger partial charge is 0.267 e. The lowest BCUT2D eigenvalue weighted by Gasteiger charge is -2.13. The number of hydrogen-bond donors (Lipinski definition) is 2. The molecule has 6 nitrogen and oxygen atoms in total. The van der Waals surface area contributed by atoms with E-state index in [4.69, 9.17) is 10.5 Å². The van der Waals surface area contributed by atoms with Crippen LogP contribution in [0.1, 0.15) is 38.2 Å². The van der Waals surface area contributed by atoms with E-state index in [2.05, 4.69) is 10.3 Å². The Bertz CT molecular complexity index is 1340. The summed E-state index contributed by atoms with van der Waals surface area (Å²) in [6.45, 7) is 5.29. The van der Waals surface area contributed by atoms with Crippen LogP contribution in [-0.4, -0.2) is 23.8 Å². The van der Waals surface area contributed by atoms with Gasteiger partial charge >= 0.3 is 0 Å². The number of nitrogens with one attached hydrogen (secondary N) is 1. The van der Waals surface area contributed by atoms with Crippen LogP contribution in [0.15, 0.2) is 48.5 Å². The van der Waals surface area contributed by atoms with Gasteiger partial charge in [-0.25, -0.2) is 4.98 Å². The second-order valence-electron chi connectivity index (χ2n) is 7.58. The summed E-state index contributed by atoms with van der Waals surface area (Å²) in [5, 5.41) is 3.51. The number of nitrogen functional groups attached to an aromatic ring is 1. The van der Waals surface area contributed by atoms with Crippen LogP contribution in [-0.2, 0) is 0 Å². The molecule has 0 aliphatic carbocycles. The van der Waals surface area contributed by atoms with Crippen molar-refractivity contribution >= 4 is 44.6 Å². The zero-order valence-corrected chi connectivity index (χ0v) is 19.1. The summed E-state index contributed by atoms with van der Waals surface area (Å²) in [5.41, 5.74) is 11.2. The number of methoxy groups -OCH3 is 1. The highest BCUT2D eigenvalue weighted by atomic mass is 32.1. The third-order valence-corrected chi connectivity index (χ3v) is 6.40. The number of anilines is 2. The number of thiophene rings is 1. The van der Waals surface area contributed by atoms with Gasteiger partial charge in [-0.2, -0.15) is 0 Å². The van der Waals surface area contributed by atoms with E-state index in [1.807, 2.05) is 55.5 Å². The number of Topliss-reactive ketones (excluding diaryl/α,β-unsaturated/α-hetero) is 1. The van der Waals surface area contributed by atoms with Crippen molar-refractivity contribution in [2.45, 2.75) is 20.8 Å². The number of nitrogens with two attached hydrogens (primary N) is 1. The van der Waals surface area contributed by atoms with E-state index in [1.54, 1.807) is 14.0 Å². The molecule has 4 rings (SSSR count). The summed E-state index contributed by atoms with van der Waals surface area (Å²) in [6.07, 6.45) is 0. The number of amides is 1. The fraction of sp³-hybridized carbons (Fsp3) is 0.160. The highest BCUT2D eigenvalue weighted by Gasteiger charge is 2.25. The second-order valence-corrected chi connectivity index (χ2v) is 8.58. The quantitative estimate of drug-likeness (QED) is 0.389. The molecule has 162 valence electrons. The van der Waals surface area contributed by atoms with Crippen LogP contribution in [0.5, 0.6) is 5.75 Å². The average molecular weight is 446 g/mol. The number of ketones is 1. The van der Waals surface area contributed by atoms with Gasteiger partial charge in [0, 0.05) is 22.2 Å². The molecule has 0 unspecified atom stereocenters. The van der Waals surface area contributed by atoms with E-state index >= 15 is 0 Å². The van der Waals surface area contributed by atoms with Crippen LogP contribution >= 0.6 is 11.3 Å². The maximum atomic E-state index is 13.0. The van der Waals surface area contributed by atoms with Crippen molar-refractivity contribution in [3.05, 3.63) is 70.2 Å². The van der Waals surface area contributed by atoms with Gasteiger partial charge in [0.2, 0.25) is 0 Å². The van der Waals surface area contributed by atoms with Crippen molar-refractivity contribution in [1.29, 1.82) is 0 Å². The molecule has 3 N–H and O–H groups in total. The Labute approximate surface area is 190 Å². The van der Waals surface area contributed by atoms with Crippen molar-refractivity contribution in [2.24, 2.45) is 0 Å². The molecule has 7 heteroatoms. The lowest BCUT2D eigenvalue weighted by Crippen LogP contribution is -2.12.